The van der Waals surface area contributed by atoms with E-state index in [-0.39, 0.29) is 0 Å². The summed E-state index contributed by atoms with van der Waals surface area (Å²) in [5, 5.41) is 6.07. The lowest BCUT2D eigenvalue weighted by Gasteiger charge is -2.10. The highest BCUT2D eigenvalue weighted by atomic mass is 35.5. The van der Waals surface area contributed by atoms with Crippen molar-refractivity contribution in [1.82, 2.24) is 15.6 Å². The van der Waals surface area contributed by atoms with E-state index in [0.29, 0.717) is 30.5 Å². The summed E-state index contributed by atoms with van der Waals surface area (Å²) in [6, 6.07) is 2.93. The van der Waals surface area contributed by atoms with Gasteiger partial charge in [0.2, 0.25) is 0 Å². The van der Waals surface area contributed by atoms with E-state index >= 15 is 0 Å². The summed E-state index contributed by atoms with van der Waals surface area (Å²) in [4.78, 5) is 19.2. The van der Waals surface area contributed by atoms with Crippen molar-refractivity contribution in [2.45, 2.75) is 19.8 Å². The summed E-state index contributed by atoms with van der Waals surface area (Å²) in [7, 11) is 0. The zero-order chi connectivity index (χ0) is 14.1. The molecule has 0 saturated heterocycles. The van der Waals surface area contributed by atoms with Gasteiger partial charge in [-0.05, 0) is 18.6 Å². The van der Waals surface area contributed by atoms with Crippen LogP contribution in [-0.2, 0) is 6.42 Å². The lowest BCUT2D eigenvalue weighted by molar-refractivity contribution is 0.253. The number of guanidine groups is 1. The minimum Gasteiger partial charge on any atom is -0.356 e. The zero-order valence-electron chi connectivity index (χ0n) is 10.8. The Hall–Kier alpha value is -1.82. The van der Waals surface area contributed by atoms with Crippen LogP contribution in [0.5, 0.6) is 0 Å². The molecule has 0 fully saturated rings. The first kappa shape index (κ1) is 15.2. The molecule has 0 radical (unpaired) electrons. The monoisotopic (exact) mass is 283 g/mol. The maximum absolute atomic E-state index is 10.8. The van der Waals surface area contributed by atoms with E-state index in [2.05, 4.69) is 20.6 Å². The number of nitrogens with zero attached hydrogens (tertiary/aromatic N) is 2. The average molecular weight is 284 g/mol. The molecule has 0 bridgehead atoms. The van der Waals surface area contributed by atoms with E-state index < -0.39 is 6.03 Å². The number of hydrogen-bond acceptors (Lipinski definition) is 3. The summed E-state index contributed by atoms with van der Waals surface area (Å²) in [5.74, 6) is 0.376. The highest BCUT2D eigenvalue weighted by Gasteiger charge is 2.03. The van der Waals surface area contributed by atoms with Gasteiger partial charge in [-0.15, -0.1) is 0 Å². The SMILES string of the molecule is CCCN=C(NCCc1ncccc1Cl)NC(N)=O. The average Bonchev–Trinajstić information content (AvgIpc) is 2.37. The number of hydrogen-bond donors (Lipinski definition) is 3. The molecule has 1 aromatic rings. The third-order valence-corrected chi connectivity index (χ3v) is 2.57. The van der Waals surface area contributed by atoms with Crippen LogP contribution in [0.2, 0.25) is 5.02 Å². The van der Waals surface area contributed by atoms with Gasteiger partial charge >= 0.3 is 6.03 Å². The first-order valence-corrected chi connectivity index (χ1v) is 6.45. The Labute approximate surface area is 117 Å². The molecule has 7 heteroatoms. The van der Waals surface area contributed by atoms with Gasteiger partial charge in [-0.3, -0.25) is 15.3 Å². The molecule has 104 valence electrons. The first-order valence-electron chi connectivity index (χ1n) is 6.07. The minimum atomic E-state index is -0.641. The number of primary amides is 1. The molecule has 0 aliphatic rings. The topological polar surface area (TPSA) is 92.4 Å². The molecule has 2 amide bonds. The number of halogens is 1. The number of nitrogens with two attached hydrogens (primary N) is 1. The Morgan fingerprint density at radius 1 is 1.58 bits per heavy atom. The Morgan fingerprint density at radius 3 is 3.00 bits per heavy atom. The fraction of sp³-hybridized carbons (Fsp3) is 0.417. The van der Waals surface area contributed by atoms with Gasteiger partial charge in [0.1, 0.15) is 0 Å². The van der Waals surface area contributed by atoms with Crippen LogP contribution in [0.3, 0.4) is 0 Å². The third kappa shape index (κ3) is 6.05. The van der Waals surface area contributed by atoms with Gasteiger partial charge in [-0.25, -0.2) is 4.79 Å². The number of aliphatic imine (C=N–C) groups is 1. The van der Waals surface area contributed by atoms with Crippen molar-refractivity contribution in [1.29, 1.82) is 0 Å². The van der Waals surface area contributed by atoms with Crippen LogP contribution in [0, 0.1) is 0 Å². The summed E-state index contributed by atoms with van der Waals surface area (Å²) < 4.78 is 0. The largest absolute Gasteiger partial charge is 0.356 e. The maximum atomic E-state index is 10.8. The van der Waals surface area contributed by atoms with Gasteiger partial charge in [-0.1, -0.05) is 18.5 Å². The van der Waals surface area contributed by atoms with E-state index in [0.717, 1.165) is 12.1 Å². The summed E-state index contributed by atoms with van der Waals surface area (Å²) >= 11 is 6.00. The Morgan fingerprint density at radius 2 is 2.37 bits per heavy atom. The molecule has 6 nitrogen and oxygen atoms in total. The molecule has 1 rings (SSSR count). The van der Waals surface area contributed by atoms with Crippen LogP contribution >= 0.6 is 11.6 Å². The molecule has 0 aliphatic carbocycles. The normalized spacial score (nSPS) is 11.2. The fourth-order valence-corrected chi connectivity index (χ4v) is 1.60. The van der Waals surface area contributed by atoms with Crippen molar-refractivity contribution in [2.24, 2.45) is 10.7 Å². The minimum absolute atomic E-state index is 0.376. The fourth-order valence-electron chi connectivity index (χ4n) is 1.38. The molecule has 19 heavy (non-hydrogen) atoms. The molecule has 0 aromatic carbocycles. The van der Waals surface area contributed by atoms with Gasteiger partial charge in [-0.2, -0.15) is 0 Å². The number of pyridine rings is 1. The van der Waals surface area contributed by atoms with E-state index in [4.69, 9.17) is 17.3 Å². The number of carbonyl (C=O) groups excluding carboxylic acids is 1. The van der Waals surface area contributed by atoms with E-state index in [9.17, 15) is 4.79 Å². The number of urea groups is 1. The second-order valence-electron chi connectivity index (χ2n) is 3.83. The second kappa shape index (κ2) is 8.31. The van der Waals surface area contributed by atoms with Crippen LogP contribution in [0.4, 0.5) is 4.79 Å². The van der Waals surface area contributed by atoms with Gasteiger partial charge in [0.25, 0.3) is 0 Å². The summed E-state index contributed by atoms with van der Waals surface area (Å²) in [6.07, 6.45) is 3.21. The smallest absolute Gasteiger partial charge is 0.318 e. The maximum Gasteiger partial charge on any atom is 0.318 e. The van der Waals surface area contributed by atoms with Crippen LogP contribution in [0.1, 0.15) is 19.0 Å². The van der Waals surface area contributed by atoms with Crippen molar-refractivity contribution < 1.29 is 4.79 Å². The van der Waals surface area contributed by atoms with Crippen molar-refractivity contribution >= 4 is 23.6 Å². The second-order valence-corrected chi connectivity index (χ2v) is 4.24. The van der Waals surface area contributed by atoms with Crippen molar-refractivity contribution in [2.75, 3.05) is 13.1 Å². The molecule has 0 spiro atoms. The molecule has 1 heterocycles. The highest BCUT2D eigenvalue weighted by molar-refractivity contribution is 6.31. The Kier molecular flexibility index (Phi) is 6.67. The summed E-state index contributed by atoms with van der Waals surface area (Å²) in [5.41, 5.74) is 5.86. The molecule has 0 aliphatic heterocycles. The Bertz CT molecular complexity index is 450. The van der Waals surface area contributed by atoms with E-state index in [1.165, 1.54) is 0 Å². The standard InChI is InChI=1S/C12H18ClN5O/c1-2-6-16-12(18-11(14)19)17-8-5-10-9(13)4-3-7-15-10/h3-4,7H,2,5-6,8H2,1H3,(H4,14,16,17,18,19). The van der Waals surface area contributed by atoms with Crippen LogP contribution in [0.25, 0.3) is 0 Å². The zero-order valence-corrected chi connectivity index (χ0v) is 11.6. The Balaban J connectivity index is 2.48. The van der Waals surface area contributed by atoms with Gasteiger partial charge < -0.3 is 11.1 Å². The van der Waals surface area contributed by atoms with Crippen molar-refractivity contribution in [3.05, 3.63) is 29.0 Å². The van der Waals surface area contributed by atoms with E-state index in [1.54, 1.807) is 18.3 Å². The number of nitrogens with one attached hydrogen (secondary N) is 2. The molecular weight excluding hydrogens is 266 g/mol. The molecule has 4 N–H and O–H groups in total. The molecular formula is C12H18ClN5O. The number of aromatic nitrogens is 1. The quantitative estimate of drug-likeness (QED) is 0.562. The number of carbonyl (C=O) groups is 1. The first-order chi connectivity index (χ1) is 9.13. The van der Waals surface area contributed by atoms with Crippen LogP contribution in [0.15, 0.2) is 23.3 Å². The number of amides is 2. The van der Waals surface area contributed by atoms with Crippen molar-refractivity contribution in [3.8, 4) is 0 Å². The lowest BCUT2D eigenvalue weighted by atomic mass is 10.3. The number of rotatable bonds is 5. The molecule has 0 atom stereocenters. The van der Waals surface area contributed by atoms with Crippen molar-refractivity contribution in [3.63, 3.8) is 0 Å². The molecule has 0 saturated carbocycles. The van der Waals surface area contributed by atoms with E-state index in [1.807, 2.05) is 6.92 Å². The van der Waals surface area contributed by atoms with Crippen LogP contribution in [-0.4, -0.2) is 30.1 Å². The summed E-state index contributed by atoms with van der Waals surface area (Å²) in [6.45, 7) is 3.17. The van der Waals surface area contributed by atoms with Crippen LogP contribution < -0.4 is 16.4 Å². The lowest BCUT2D eigenvalue weighted by Crippen LogP contribution is -2.44. The predicted octanol–water partition coefficient (Wildman–Crippen LogP) is 1.30. The van der Waals surface area contributed by atoms with Gasteiger partial charge in [0, 0.05) is 25.7 Å². The molecule has 0 unspecified atom stereocenters. The van der Waals surface area contributed by atoms with Gasteiger partial charge in [0.05, 0.1) is 10.7 Å². The molecule has 1 aromatic heterocycles. The third-order valence-electron chi connectivity index (χ3n) is 2.22. The highest BCUT2D eigenvalue weighted by Crippen LogP contribution is 2.11. The van der Waals surface area contributed by atoms with Gasteiger partial charge in [0.15, 0.2) is 5.96 Å². The predicted molar refractivity (Wildman–Crippen MR) is 76.3 cm³/mol.